The Balaban J connectivity index is 1.61. The molecule has 1 saturated carbocycles. The molecule has 0 spiro atoms. The van der Waals surface area contributed by atoms with Gasteiger partial charge in [0.1, 0.15) is 28.8 Å². The normalized spacial score (nSPS) is 25.8. The van der Waals surface area contributed by atoms with Crippen LogP contribution in [-0.4, -0.2) is 40.0 Å². The number of methoxy groups -OCH3 is 1. The Morgan fingerprint density at radius 2 is 2.22 bits per heavy atom. The van der Waals surface area contributed by atoms with E-state index in [1.54, 1.807) is 6.92 Å². The molecule has 0 saturated heterocycles. The second kappa shape index (κ2) is 6.26. The summed E-state index contributed by atoms with van der Waals surface area (Å²) in [6.07, 6.45) is 3.35. The minimum atomic E-state index is -0.907. The number of ether oxygens (including phenoxy) is 2. The first-order valence-corrected chi connectivity index (χ1v) is 8.48. The fraction of sp³-hybridized carbons (Fsp3) is 0.389. The van der Waals surface area contributed by atoms with E-state index in [9.17, 15) is 9.18 Å². The summed E-state index contributed by atoms with van der Waals surface area (Å²) in [5.41, 5.74) is 5.61. The summed E-state index contributed by atoms with van der Waals surface area (Å²) in [6, 6.07) is 2.81. The van der Waals surface area contributed by atoms with Crippen molar-refractivity contribution >= 4 is 11.8 Å². The lowest BCUT2D eigenvalue weighted by molar-refractivity contribution is 0.0986. The molecule has 0 amide bonds. The average molecular weight is 371 g/mol. The monoisotopic (exact) mass is 371 g/mol. The molecular weight excluding hydrogens is 353 g/mol. The number of hydrogen-bond donors (Lipinski definition) is 1. The number of nitrogens with two attached hydrogens (primary N) is 1. The highest BCUT2D eigenvalue weighted by molar-refractivity contribution is 5.95. The van der Waals surface area contributed by atoms with Gasteiger partial charge in [-0.1, -0.05) is 0 Å². The first-order chi connectivity index (χ1) is 12.9. The van der Waals surface area contributed by atoms with Crippen LogP contribution in [0, 0.1) is 11.7 Å². The average Bonchev–Trinajstić information content (AvgIpc) is 3.43. The number of nitrogens with zero attached hydrogens (tertiary/aromatic N) is 4. The molecule has 1 aliphatic carbocycles. The molecule has 0 bridgehead atoms. The van der Waals surface area contributed by atoms with Crippen LogP contribution in [0.3, 0.4) is 0 Å². The molecule has 0 radical (unpaired) electrons. The largest absolute Gasteiger partial charge is 0.480 e. The zero-order valence-corrected chi connectivity index (χ0v) is 14.8. The van der Waals surface area contributed by atoms with Gasteiger partial charge in [0.05, 0.1) is 25.9 Å². The maximum absolute atomic E-state index is 14.5. The fourth-order valence-electron chi connectivity index (χ4n) is 3.37. The van der Waals surface area contributed by atoms with Crippen LogP contribution in [0.25, 0.3) is 0 Å². The molecule has 0 unspecified atom stereocenters. The number of rotatable bonds is 5. The van der Waals surface area contributed by atoms with Crippen molar-refractivity contribution in [1.82, 2.24) is 15.0 Å². The topological polar surface area (TPSA) is 113 Å². The summed E-state index contributed by atoms with van der Waals surface area (Å²) in [5, 5.41) is 0. The summed E-state index contributed by atoms with van der Waals surface area (Å²) in [5.74, 6) is -0.428. The highest BCUT2D eigenvalue weighted by Crippen LogP contribution is 2.52. The molecule has 2 aliphatic rings. The van der Waals surface area contributed by atoms with E-state index in [0.717, 1.165) is 6.42 Å². The Hall–Kier alpha value is -3.10. The number of carbonyl (C=O) groups is 1. The summed E-state index contributed by atoms with van der Waals surface area (Å²) in [7, 11) is 1.46. The minimum Gasteiger partial charge on any atom is -0.480 e. The first kappa shape index (κ1) is 17.3. The maximum Gasteiger partial charge on any atom is 0.283 e. The number of pyridine rings is 1. The summed E-state index contributed by atoms with van der Waals surface area (Å²) in [6.45, 7) is 1.79. The van der Waals surface area contributed by atoms with Crippen LogP contribution in [0.2, 0.25) is 0 Å². The molecule has 140 valence electrons. The lowest BCUT2D eigenvalue weighted by Crippen LogP contribution is -2.36. The van der Waals surface area contributed by atoms with Crippen molar-refractivity contribution in [2.45, 2.75) is 31.4 Å². The Labute approximate surface area is 154 Å². The Morgan fingerprint density at radius 1 is 1.41 bits per heavy atom. The van der Waals surface area contributed by atoms with Crippen molar-refractivity contribution in [3.63, 3.8) is 0 Å². The van der Waals surface area contributed by atoms with Gasteiger partial charge in [0, 0.05) is 11.6 Å². The highest BCUT2D eigenvalue weighted by atomic mass is 19.1. The van der Waals surface area contributed by atoms with Gasteiger partial charge >= 0.3 is 0 Å². The second-order valence-corrected chi connectivity index (χ2v) is 6.77. The predicted octanol–water partition coefficient (Wildman–Crippen LogP) is 1.39. The molecule has 2 aromatic heterocycles. The number of hydrogen-bond acceptors (Lipinski definition) is 8. The number of amidine groups is 1. The predicted molar refractivity (Wildman–Crippen MR) is 92.8 cm³/mol. The van der Waals surface area contributed by atoms with Crippen molar-refractivity contribution in [2.24, 2.45) is 16.6 Å². The molecule has 27 heavy (non-hydrogen) atoms. The summed E-state index contributed by atoms with van der Waals surface area (Å²) < 4.78 is 24.8. The fourth-order valence-corrected chi connectivity index (χ4v) is 3.37. The number of aliphatic imine (C=N–C) groups is 1. The van der Waals surface area contributed by atoms with E-state index in [0.29, 0.717) is 11.6 Å². The van der Waals surface area contributed by atoms with Gasteiger partial charge in [-0.25, -0.2) is 19.4 Å². The molecule has 4 rings (SSSR count). The standard InChI is InChI=1S/C18H18FN5O3/c1-18(10-6-14(10)27-17(20)24-18)16-11(19)4-3-9(23-16)5-13(25)12-7-22-15(26-2)8-21-12/h3-4,7-8,10,14H,5-6H2,1-2H3,(H2,20,24)/t10-,14+,18-/m0/s1. The first-order valence-electron chi connectivity index (χ1n) is 8.48. The minimum absolute atomic E-state index is 0.0187. The molecule has 3 heterocycles. The number of ketones is 1. The number of fused-ring (bicyclic) bond motifs is 1. The van der Waals surface area contributed by atoms with E-state index in [-0.39, 0.29) is 41.6 Å². The second-order valence-electron chi connectivity index (χ2n) is 6.77. The van der Waals surface area contributed by atoms with E-state index < -0.39 is 11.4 Å². The van der Waals surface area contributed by atoms with Crippen LogP contribution in [0.5, 0.6) is 5.88 Å². The lowest BCUT2D eigenvalue weighted by atomic mass is 9.90. The van der Waals surface area contributed by atoms with Gasteiger partial charge in [-0.2, -0.15) is 0 Å². The Kier molecular flexibility index (Phi) is 4.01. The van der Waals surface area contributed by atoms with E-state index in [1.165, 1.54) is 31.6 Å². The van der Waals surface area contributed by atoms with Crippen molar-refractivity contribution in [2.75, 3.05) is 7.11 Å². The Bertz CT molecular complexity index is 933. The van der Waals surface area contributed by atoms with Crippen molar-refractivity contribution in [3.8, 4) is 5.88 Å². The van der Waals surface area contributed by atoms with Crippen LogP contribution >= 0.6 is 0 Å². The lowest BCUT2D eigenvalue weighted by Gasteiger charge is -2.29. The van der Waals surface area contributed by atoms with Gasteiger partial charge in [-0.15, -0.1) is 0 Å². The maximum atomic E-state index is 14.5. The molecular formula is C18H18FN5O3. The molecule has 0 aromatic carbocycles. The van der Waals surface area contributed by atoms with Gasteiger partial charge in [-0.05, 0) is 25.5 Å². The zero-order valence-electron chi connectivity index (χ0n) is 14.8. The summed E-state index contributed by atoms with van der Waals surface area (Å²) >= 11 is 0. The third-order valence-corrected chi connectivity index (χ3v) is 4.92. The number of Topliss-reactive ketones (excluding diaryl/α,β-unsaturated/α-hetero) is 1. The SMILES string of the molecule is COc1cnc(C(=O)Cc2ccc(F)c([C@@]3(C)N=C(N)O[C@@H]4C[C@@H]43)n2)cn1. The molecule has 3 atom stereocenters. The molecule has 1 aliphatic heterocycles. The van der Waals surface area contributed by atoms with Crippen molar-refractivity contribution in [3.05, 3.63) is 47.4 Å². The van der Waals surface area contributed by atoms with Gasteiger partial charge in [-0.3, -0.25) is 9.78 Å². The van der Waals surface area contributed by atoms with E-state index in [1.807, 2.05) is 0 Å². The van der Waals surface area contributed by atoms with E-state index in [2.05, 4.69) is 19.9 Å². The third-order valence-electron chi connectivity index (χ3n) is 4.92. The van der Waals surface area contributed by atoms with Gasteiger partial charge in [0.15, 0.2) is 5.78 Å². The number of halogens is 1. The van der Waals surface area contributed by atoms with Crippen LogP contribution in [0.15, 0.2) is 29.5 Å². The van der Waals surface area contributed by atoms with Gasteiger partial charge < -0.3 is 15.2 Å². The van der Waals surface area contributed by atoms with Crippen LogP contribution < -0.4 is 10.5 Å². The smallest absolute Gasteiger partial charge is 0.283 e. The molecule has 8 nitrogen and oxygen atoms in total. The van der Waals surface area contributed by atoms with Crippen molar-refractivity contribution in [1.29, 1.82) is 0 Å². The molecule has 2 N–H and O–H groups in total. The number of aromatic nitrogens is 3. The highest BCUT2D eigenvalue weighted by Gasteiger charge is 2.58. The van der Waals surface area contributed by atoms with Crippen LogP contribution in [-0.2, 0) is 16.7 Å². The summed E-state index contributed by atoms with van der Waals surface area (Å²) in [4.78, 5) is 29.1. The third kappa shape index (κ3) is 3.09. The Morgan fingerprint density at radius 3 is 2.93 bits per heavy atom. The van der Waals surface area contributed by atoms with Crippen LogP contribution in [0.1, 0.15) is 35.2 Å². The zero-order chi connectivity index (χ0) is 19.2. The molecule has 1 fully saturated rings. The van der Waals surface area contributed by atoms with E-state index >= 15 is 0 Å². The van der Waals surface area contributed by atoms with Gasteiger partial charge in [0.2, 0.25) is 5.88 Å². The van der Waals surface area contributed by atoms with Crippen molar-refractivity contribution < 1.29 is 18.7 Å². The molecule has 9 heteroatoms. The molecule has 2 aromatic rings. The van der Waals surface area contributed by atoms with Gasteiger partial charge in [0.25, 0.3) is 6.02 Å². The van der Waals surface area contributed by atoms with E-state index in [4.69, 9.17) is 15.2 Å². The quantitative estimate of drug-likeness (QED) is 0.790. The van der Waals surface area contributed by atoms with Crippen LogP contribution in [0.4, 0.5) is 4.39 Å². The number of carbonyl (C=O) groups excluding carboxylic acids is 1.